The van der Waals surface area contributed by atoms with Gasteiger partial charge in [0.05, 0.1) is 6.54 Å². The summed E-state index contributed by atoms with van der Waals surface area (Å²) in [6, 6.07) is 0. The molecule has 1 amide bonds. The zero-order valence-electron chi connectivity index (χ0n) is 12.0. The Hall–Kier alpha value is -1.85. The van der Waals surface area contributed by atoms with Crippen LogP contribution in [0.3, 0.4) is 0 Å². The first-order valence-electron chi connectivity index (χ1n) is 6.86. The van der Waals surface area contributed by atoms with E-state index < -0.39 is 5.60 Å². The highest BCUT2D eigenvalue weighted by molar-refractivity contribution is 5.69. The van der Waals surface area contributed by atoms with Gasteiger partial charge in [-0.25, -0.2) is 14.6 Å². The van der Waals surface area contributed by atoms with Crippen molar-refractivity contribution in [1.82, 2.24) is 14.9 Å². The number of rotatable bonds is 0. The molecule has 1 saturated carbocycles. The zero-order valence-corrected chi connectivity index (χ0v) is 12.0. The number of H-pyrrole nitrogens is 1. The lowest BCUT2D eigenvalue weighted by Gasteiger charge is -2.35. The molecule has 108 valence electrons. The Kier molecular flexibility index (Phi) is 2.68. The van der Waals surface area contributed by atoms with E-state index in [-0.39, 0.29) is 17.2 Å². The van der Waals surface area contributed by atoms with Gasteiger partial charge < -0.3 is 14.6 Å². The summed E-state index contributed by atoms with van der Waals surface area (Å²) in [7, 11) is 0. The smallest absolute Gasteiger partial charge is 0.410 e. The summed E-state index contributed by atoms with van der Waals surface area (Å²) >= 11 is 0. The van der Waals surface area contributed by atoms with Gasteiger partial charge in [-0.3, -0.25) is 0 Å². The van der Waals surface area contributed by atoms with E-state index in [4.69, 9.17) is 4.74 Å². The molecule has 1 aromatic heterocycles. The summed E-state index contributed by atoms with van der Waals surface area (Å²) < 4.78 is 5.42. The van der Waals surface area contributed by atoms with Gasteiger partial charge in [0.15, 0.2) is 0 Å². The van der Waals surface area contributed by atoms with Crippen molar-refractivity contribution in [3.63, 3.8) is 0 Å². The number of nitrogens with one attached hydrogen (secondary N) is 1. The molecule has 20 heavy (non-hydrogen) atoms. The van der Waals surface area contributed by atoms with Gasteiger partial charge >= 0.3 is 11.8 Å². The van der Waals surface area contributed by atoms with E-state index >= 15 is 0 Å². The number of ether oxygens (including phenoxy) is 1. The summed E-state index contributed by atoms with van der Waals surface area (Å²) in [6.45, 7) is 6.57. The first-order chi connectivity index (χ1) is 9.29. The van der Waals surface area contributed by atoms with Crippen LogP contribution in [-0.2, 0) is 16.7 Å². The van der Waals surface area contributed by atoms with E-state index in [9.17, 15) is 9.59 Å². The van der Waals surface area contributed by atoms with E-state index in [1.165, 1.54) is 0 Å². The minimum absolute atomic E-state index is 0.0261. The zero-order chi connectivity index (χ0) is 14.5. The first-order valence-corrected chi connectivity index (χ1v) is 6.86. The SMILES string of the molecule is CC(C)(C)OC(=O)N1Cc2[nH]c(=O)ncc2C2(CC2)C1. The molecular weight excluding hydrogens is 258 g/mol. The van der Waals surface area contributed by atoms with Crippen molar-refractivity contribution in [1.29, 1.82) is 0 Å². The minimum Gasteiger partial charge on any atom is -0.444 e. The van der Waals surface area contributed by atoms with Gasteiger partial charge in [0.1, 0.15) is 5.60 Å². The third kappa shape index (κ3) is 2.30. The summed E-state index contributed by atoms with van der Waals surface area (Å²) in [5.74, 6) is 0. The molecule has 1 aromatic rings. The Bertz CT molecular complexity index is 611. The Morgan fingerprint density at radius 1 is 1.45 bits per heavy atom. The molecule has 0 atom stereocenters. The van der Waals surface area contributed by atoms with Crippen LogP contribution in [0.15, 0.2) is 11.0 Å². The largest absolute Gasteiger partial charge is 0.444 e. The average molecular weight is 277 g/mol. The molecule has 1 aliphatic carbocycles. The lowest BCUT2D eigenvalue weighted by atomic mass is 9.91. The third-order valence-electron chi connectivity index (χ3n) is 3.81. The molecular formula is C14H19N3O3. The van der Waals surface area contributed by atoms with E-state index in [0.29, 0.717) is 13.1 Å². The Morgan fingerprint density at radius 3 is 2.75 bits per heavy atom. The molecule has 0 radical (unpaired) electrons. The second kappa shape index (κ2) is 4.07. The average Bonchev–Trinajstić information content (AvgIpc) is 3.06. The van der Waals surface area contributed by atoms with E-state index in [0.717, 1.165) is 24.1 Å². The molecule has 2 aliphatic rings. The summed E-state index contributed by atoms with van der Waals surface area (Å²) in [5, 5.41) is 0. The normalized spacial score (nSPS) is 19.6. The number of carbonyl (C=O) groups is 1. The summed E-state index contributed by atoms with van der Waals surface area (Å²) in [5.41, 5.74) is 0.962. The molecule has 1 spiro atoms. The van der Waals surface area contributed by atoms with Crippen LogP contribution in [0.5, 0.6) is 0 Å². The number of aromatic amines is 1. The van der Waals surface area contributed by atoms with Gasteiger partial charge in [-0.2, -0.15) is 0 Å². The second-order valence-corrected chi connectivity index (χ2v) is 6.70. The van der Waals surface area contributed by atoms with E-state index in [2.05, 4.69) is 9.97 Å². The summed E-state index contributed by atoms with van der Waals surface area (Å²) in [6.07, 6.45) is 3.38. The molecule has 0 aromatic carbocycles. The second-order valence-electron chi connectivity index (χ2n) is 6.70. The predicted octanol–water partition coefficient (Wildman–Crippen LogP) is 1.55. The topological polar surface area (TPSA) is 75.3 Å². The molecule has 6 heteroatoms. The molecule has 0 unspecified atom stereocenters. The van der Waals surface area contributed by atoms with Crippen molar-refractivity contribution in [2.45, 2.75) is 51.2 Å². The van der Waals surface area contributed by atoms with Crippen LogP contribution in [0, 0.1) is 0 Å². The quantitative estimate of drug-likeness (QED) is 0.780. The monoisotopic (exact) mass is 277 g/mol. The third-order valence-corrected chi connectivity index (χ3v) is 3.81. The molecule has 1 N–H and O–H groups in total. The number of nitrogens with zero attached hydrogens (tertiary/aromatic N) is 2. The molecule has 0 saturated heterocycles. The molecule has 1 fully saturated rings. The van der Waals surface area contributed by atoms with Crippen molar-refractivity contribution in [3.05, 3.63) is 27.9 Å². The Labute approximate surface area is 117 Å². The van der Waals surface area contributed by atoms with Crippen molar-refractivity contribution < 1.29 is 9.53 Å². The molecule has 0 bridgehead atoms. The molecule has 6 nitrogen and oxygen atoms in total. The maximum atomic E-state index is 12.2. The van der Waals surface area contributed by atoms with Crippen LogP contribution in [0.1, 0.15) is 44.9 Å². The number of hydrogen-bond donors (Lipinski definition) is 1. The fraction of sp³-hybridized carbons (Fsp3) is 0.643. The highest BCUT2D eigenvalue weighted by atomic mass is 16.6. The van der Waals surface area contributed by atoms with Gasteiger partial charge in [0.2, 0.25) is 0 Å². The van der Waals surface area contributed by atoms with E-state index in [1.54, 1.807) is 11.1 Å². The van der Waals surface area contributed by atoms with Gasteiger partial charge in [-0.15, -0.1) is 0 Å². The lowest BCUT2D eigenvalue weighted by molar-refractivity contribution is 0.0192. The van der Waals surface area contributed by atoms with E-state index in [1.807, 2.05) is 20.8 Å². The Morgan fingerprint density at radius 2 is 2.15 bits per heavy atom. The van der Waals surface area contributed by atoms with Crippen molar-refractivity contribution in [2.24, 2.45) is 0 Å². The Balaban J connectivity index is 1.88. The van der Waals surface area contributed by atoms with Crippen LogP contribution in [-0.4, -0.2) is 33.1 Å². The standard InChI is InChI=1S/C14H19N3O3/c1-13(2,3)20-12(19)17-7-10-9(6-15-11(18)16-10)14(8-17)4-5-14/h6H,4-5,7-8H2,1-3H3,(H,15,16,18). The highest BCUT2D eigenvalue weighted by Crippen LogP contribution is 2.51. The van der Waals surface area contributed by atoms with Crippen LogP contribution >= 0.6 is 0 Å². The van der Waals surface area contributed by atoms with Crippen LogP contribution in [0.4, 0.5) is 4.79 Å². The number of fused-ring (bicyclic) bond motifs is 2. The van der Waals surface area contributed by atoms with Crippen LogP contribution < -0.4 is 5.69 Å². The minimum atomic E-state index is -0.514. The van der Waals surface area contributed by atoms with Crippen LogP contribution in [0.2, 0.25) is 0 Å². The van der Waals surface area contributed by atoms with Gasteiger partial charge in [-0.1, -0.05) is 0 Å². The lowest BCUT2D eigenvalue weighted by Crippen LogP contribution is -2.45. The fourth-order valence-electron chi connectivity index (χ4n) is 2.74. The molecule has 2 heterocycles. The maximum absolute atomic E-state index is 12.2. The fourth-order valence-corrected chi connectivity index (χ4v) is 2.74. The number of amides is 1. The first kappa shape index (κ1) is 13.1. The van der Waals surface area contributed by atoms with Gasteiger partial charge in [-0.05, 0) is 39.2 Å². The predicted molar refractivity (Wildman–Crippen MR) is 72.4 cm³/mol. The van der Waals surface area contributed by atoms with Crippen molar-refractivity contribution in [2.75, 3.05) is 6.54 Å². The van der Waals surface area contributed by atoms with Gasteiger partial charge in [0, 0.05) is 23.9 Å². The summed E-state index contributed by atoms with van der Waals surface area (Å²) in [4.78, 5) is 31.8. The van der Waals surface area contributed by atoms with Crippen molar-refractivity contribution >= 4 is 6.09 Å². The van der Waals surface area contributed by atoms with Crippen LogP contribution in [0.25, 0.3) is 0 Å². The number of aromatic nitrogens is 2. The van der Waals surface area contributed by atoms with Gasteiger partial charge in [0.25, 0.3) is 0 Å². The highest BCUT2D eigenvalue weighted by Gasteiger charge is 2.51. The molecule has 1 aliphatic heterocycles. The molecule has 3 rings (SSSR count). The number of hydrogen-bond acceptors (Lipinski definition) is 4. The number of carbonyl (C=O) groups excluding carboxylic acids is 1. The maximum Gasteiger partial charge on any atom is 0.410 e. The van der Waals surface area contributed by atoms with Crippen molar-refractivity contribution in [3.8, 4) is 0 Å².